The number of allylic oxidation sites excluding steroid dienone is 9. The van der Waals surface area contributed by atoms with Gasteiger partial charge in [-0.3, -0.25) is 4.79 Å². The van der Waals surface area contributed by atoms with Gasteiger partial charge in [0.1, 0.15) is 17.7 Å². The average molecular weight is 592 g/mol. The molecule has 9 heteroatoms. The molecule has 1 aromatic carbocycles. The number of hydrogen-bond donors (Lipinski definition) is 1. The summed E-state index contributed by atoms with van der Waals surface area (Å²) in [5.74, 6) is -1.17. The Bertz CT molecular complexity index is 1370. The van der Waals surface area contributed by atoms with E-state index in [2.05, 4.69) is 6.58 Å². The highest BCUT2D eigenvalue weighted by Crippen LogP contribution is 2.33. The van der Waals surface area contributed by atoms with Gasteiger partial charge in [0.2, 0.25) is 0 Å². The molecule has 42 heavy (non-hydrogen) atoms. The standard InChI is InChI=1S/C14H15F2N.C13H13F3O.C6H10O2/c1-3-5-10(6-4-2)14-11(9-17)12(15)7-8-13(14)16;1-4-10(11-5-6-17-8-11)7-12(9(2)3)13(14,15)16;1-4(5(2)7)6(3)8/h5,7-8H,3-4,6H2,1-2H3;4-8H,2H2,1,3H3;7H,1-3H3/b10-5+;10-4+,12-7+;5-4-. The third-order valence-corrected chi connectivity index (χ3v) is 5.81. The third-order valence-electron chi connectivity index (χ3n) is 5.81. The van der Waals surface area contributed by atoms with E-state index in [-0.39, 0.29) is 28.2 Å². The van der Waals surface area contributed by atoms with Gasteiger partial charge in [0.05, 0.1) is 29.4 Å². The number of benzene rings is 1. The molecule has 2 aromatic rings. The maximum Gasteiger partial charge on any atom is 0.416 e. The van der Waals surface area contributed by atoms with E-state index in [1.165, 1.54) is 33.3 Å². The number of carbonyl (C=O) groups excluding carboxylic acids is 1. The van der Waals surface area contributed by atoms with Crippen LogP contribution in [0.3, 0.4) is 0 Å². The first kappa shape index (κ1) is 37.8. The van der Waals surface area contributed by atoms with Crippen molar-refractivity contribution >= 4 is 16.9 Å². The number of nitrogens with zero attached hydrogens (tertiary/aromatic N) is 1. The minimum atomic E-state index is -4.40. The van der Waals surface area contributed by atoms with Crippen LogP contribution < -0.4 is 0 Å². The van der Waals surface area contributed by atoms with Crippen LogP contribution in [0.1, 0.15) is 84.4 Å². The minimum Gasteiger partial charge on any atom is -0.512 e. The van der Waals surface area contributed by atoms with Gasteiger partial charge in [-0.25, -0.2) is 8.78 Å². The normalized spacial score (nSPS) is 12.7. The van der Waals surface area contributed by atoms with Gasteiger partial charge in [-0.15, -0.1) is 0 Å². The van der Waals surface area contributed by atoms with E-state index < -0.39 is 23.4 Å². The summed E-state index contributed by atoms with van der Waals surface area (Å²) in [6.07, 6.45) is 5.14. The highest BCUT2D eigenvalue weighted by molar-refractivity contribution is 5.92. The van der Waals surface area contributed by atoms with Crippen molar-refractivity contribution in [2.24, 2.45) is 0 Å². The molecule has 0 atom stereocenters. The number of nitriles is 1. The molecule has 0 aliphatic rings. The summed E-state index contributed by atoms with van der Waals surface area (Å²) >= 11 is 0. The molecular weight excluding hydrogens is 553 g/mol. The van der Waals surface area contributed by atoms with Gasteiger partial charge in [0, 0.05) is 16.7 Å². The second-order valence-corrected chi connectivity index (χ2v) is 9.14. The first-order valence-corrected chi connectivity index (χ1v) is 13.2. The monoisotopic (exact) mass is 591 g/mol. The minimum absolute atomic E-state index is 0.0136. The highest BCUT2D eigenvalue weighted by Gasteiger charge is 2.34. The van der Waals surface area contributed by atoms with Gasteiger partial charge in [-0.2, -0.15) is 18.4 Å². The van der Waals surface area contributed by atoms with E-state index in [9.17, 15) is 26.7 Å². The van der Waals surface area contributed by atoms with Crippen LogP contribution in [0.25, 0.3) is 11.1 Å². The Morgan fingerprint density at radius 1 is 1.10 bits per heavy atom. The van der Waals surface area contributed by atoms with Crippen LogP contribution in [0.15, 0.2) is 82.4 Å². The summed E-state index contributed by atoms with van der Waals surface area (Å²) in [4.78, 5) is 10.4. The summed E-state index contributed by atoms with van der Waals surface area (Å²) < 4.78 is 70.2. The number of aliphatic hydroxyl groups excluding tert-OH is 1. The molecule has 1 N–H and O–H groups in total. The number of rotatable bonds is 8. The van der Waals surface area contributed by atoms with Crippen molar-refractivity contribution in [2.75, 3.05) is 0 Å². The van der Waals surface area contributed by atoms with Crippen molar-refractivity contribution in [3.05, 3.63) is 106 Å². The van der Waals surface area contributed by atoms with E-state index >= 15 is 0 Å². The average Bonchev–Trinajstić information content (AvgIpc) is 3.44. The SMILES string of the molecule is C=C(C)/C(=C\C(=C/C)c1ccoc1)C(F)(F)F.CC(=O)/C(C)=C(/C)O.CC/C=C(\CCC)c1c(F)ccc(F)c1C#N. The Labute approximate surface area is 244 Å². The fraction of sp³-hybridized carbons (Fsp3) is 0.333. The third kappa shape index (κ3) is 12.1. The quantitative estimate of drug-likeness (QED) is 0.143. The van der Waals surface area contributed by atoms with Gasteiger partial charge >= 0.3 is 6.18 Å². The van der Waals surface area contributed by atoms with Gasteiger partial charge in [0.25, 0.3) is 0 Å². The van der Waals surface area contributed by atoms with Crippen molar-refractivity contribution in [1.29, 1.82) is 5.26 Å². The Morgan fingerprint density at radius 2 is 1.69 bits per heavy atom. The fourth-order valence-corrected chi connectivity index (χ4v) is 3.44. The van der Waals surface area contributed by atoms with Gasteiger partial charge in [0.15, 0.2) is 5.78 Å². The second-order valence-electron chi connectivity index (χ2n) is 9.14. The fourth-order valence-electron chi connectivity index (χ4n) is 3.44. The summed E-state index contributed by atoms with van der Waals surface area (Å²) in [6, 6.07) is 5.42. The predicted molar refractivity (Wildman–Crippen MR) is 157 cm³/mol. The molecule has 4 nitrogen and oxygen atoms in total. The van der Waals surface area contributed by atoms with Crippen molar-refractivity contribution in [3.8, 4) is 6.07 Å². The van der Waals surface area contributed by atoms with Crippen LogP contribution in [-0.2, 0) is 4.79 Å². The van der Waals surface area contributed by atoms with Gasteiger partial charge in [-0.05, 0) is 88.5 Å². The molecule has 228 valence electrons. The van der Waals surface area contributed by atoms with E-state index in [4.69, 9.17) is 14.8 Å². The zero-order valence-corrected chi connectivity index (χ0v) is 25.0. The molecule has 0 saturated carbocycles. The molecule has 0 unspecified atom stereocenters. The lowest BCUT2D eigenvalue weighted by Crippen LogP contribution is -2.12. The molecule has 0 radical (unpaired) electrons. The van der Waals surface area contributed by atoms with Gasteiger partial charge < -0.3 is 9.52 Å². The van der Waals surface area contributed by atoms with E-state index in [1.807, 2.05) is 19.9 Å². The summed E-state index contributed by atoms with van der Waals surface area (Å²) in [7, 11) is 0. The summed E-state index contributed by atoms with van der Waals surface area (Å²) in [5, 5.41) is 17.6. The molecule has 0 amide bonds. The van der Waals surface area contributed by atoms with Crippen LogP contribution >= 0.6 is 0 Å². The maximum absolute atomic E-state index is 13.8. The second kappa shape index (κ2) is 18.3. The number of ketones is 1. The highest BCUT2D eigenvalue weighted by atomic mass is 19.4. The molecule has 1 heterocycles. The van der Waals surface area contributed by atoms with Crippen LogP contribution in [0.4, 0.5) is 22.0 Å². The van der Waals surface area contributed by atoms with E-state index in [1.54, 1.807) is 32.1 Å². The number of carbonyl (C=O) groups is 1. The Morgan fingerprint density at radius 3 is 2.05 bits per heavy atom. The lowest BCUT2D eigenvalue weighted by Gasteiger charge is -2.12. The number of hydrogen-bond acceptors (Lipinski definition) is 4. The van der Waals surface area contributed by atoms with E-state index in [0.717, 1.165) is 31.1 Å². The number of Topliss-reactive ketones (excluding diaryl/α,β-unsaturated/α-hetero) is 1. The van der Waals surface area contributed by atoms with Crippen LogP contribution in [0.5, 0.6) is 0 Å². The predicted octanol–water partition coefficient (Wildman–Crippen LogP) is 10.6. The smallest absolute Gasteiger partial charge is 0.416 e. The number of halogens is 5. The first-order chi connectivity index (χ1) is 19.6. The van der Waals surface area contributed by atoms with Crippen LogP contribution in [-0.4, -0.2) is 17.1 Å². The largest absolute Gasteiger partial charge is 0.512 e. The molecule has 0 aliphatic heterocycles. The molecule has 2 rings (SSSR count). The number of alkyl halides is 3. The Kier molecular flexibility index (Phi) is 16.5. The van der Waals surface area contributed by atoms with Crippen molar-refractivity contribution in [3.63, 3.8) is 0 Å². The maximum atomic E-state index is 13.8. The molecule has 0 saturated heterocycles. The topological polar surface area (TPSA) is 74.2 Å². The van der Waals surface area contributed by atoms with Crippen molar-refractivity contribution in [1.82, 2.24) is 0 Å². The molecule has 0 spiro atoms. The van der Waals surface area contributed by atoms with Crippen molar-refractivity contribution in [2.45, 2.75) is 73.9 Å². The molecule has 0 fully saturated rings. The lowest BCUT2D eigenvalue weighted by atomic mass is 9.95. The van der Waals surface area contributed by atoms with Crippen LogP contribution in [0, 0.1) is 23.0 Å². The molecule has 0 aliphatic carbocycles. The van der Waals surface area contributed by atoms with Crippen LogP contribution in [0.2, 0.25) is 0 Å². The van der Waals surface area contributed by atoms with Crippen molar-refractivity contribution < 1.29 is 36.3 Å². The van der Waals surface area contributed by atoms with Gasteiger partial charge in [-0.1, -0.05) is 39.0 Å². The summed E-state index contributed by atoms with van der Waals surface area (Å²) in [5.41, 5.74) is 1.39. The summed E-state index contributed by atoms with van der Waals surface area (Å²) in [6.45, 7) is 14.8. The Hall–Kier alpha value is -4.19. The zero-order chi connectivity index (χ0) is 32.6. The Balaban J connectivity index is 0.000000642. The zero-order valence-electron chi connectivity index (χ0n) is 25.0. The molecular formula is C33H38F5NO3. The number of aliphatic hydroxyl groups is 1. The molecule has 1 aromatic heterocycles. The molecule has 0 bridgehead atoms. The van der Waals surface area contributed by atoms with E-state index in [0.29, 0.717) is 28.7 Å². The first-order valence-electron chi connectivity index (χ1n) is 13.2. The number of furan rings is 1. The lowest BCUT2D eigenvalue weighted by molar-refractivity contribution is -0.113.